The van der Waals surface area contributed by atoms with Gasteiger partial charge in [-0.1, -0.05) is 64.0 Å². The number of aromatic nitrogens is 2. The van der Waals surface area contributed by atoms with Crippen LogP contribution in [0.2, 0.25) is 0 Å². The van der Waals surface area contributed by atoms with Crippen molar-refractivity contribution in [3.8, 4) is 5.69 Å². The summed E-state index contributed by atoms with van der Waals surface area (Å²) in [5.41, 5.74) is 0.618. The number of hydrogen-bond acceptors (Lipinski definition) is 5. The lowest BCUT2D eigenvalue weighted by Crippen LogP contribution is -2.41. The van der Waals surface area contributed by atoms with Gasteiger partial charge in [0.2, 0.25) is 10.0 Å². The molecule has 0 saturated carbocycles. The monoisotopic (exact) mass is 558 g/mol. The normalized spacial score (nSPS) is 13.0. The third-order valence-corrected chi connectivity index (χ3v) is 9.09. The van der Waals surface area contributed by atoms with Crippen molar-refractivity contribution in [2.24, 2.45) is 0 Å². The van der Waals surface area contributed by atoms with E-state index in [1.807, 2.05) is 19.0 Å². The summed E-state index contributed by atoms with van der Waals surface area (Å²) < 4.78 is 44.1. The highest BCUT2D eigenvalue weighted by atomic mass is 32.2. The number of benzene rings is 2. The number of sulfonamides is 1. The Bertz CT molecular complexity index is 1360. The Morgan fingerprint density at radius 2 is 1.51 bits per heavy atom. The molecule has 2 aromatic carbocycles. The van der Waals surface area contributed by atoms with Crippen LogP contribution in [-0.4, -0.2) is 60.1 Å². The van der Waals surface area contributed by atoms with E-state index in [2.05, 4.69) is 6.92 Å². The molecule has 0 radical (unpaired) electrons. The quantitative estimate of drug-likeness (QED) is 0.204. The first-order chi connectivity index (χ1) is 18.7. The van der Waals surface area contributed by atoms with Crippen molar-refractivity contribution < 1.29 is 12.8 Å². The second-order valence-corrected chi connectivity index (χ2v) is 12.5. The first kappa shape index (κ1) is 30.9. The minimum Gasteiger partial charge on any atom is -0.308 e. The minimum absolute atomic E-state index is 0.0497. The van der Waals surface area contributed by atoms with Gasteiger partial charge in [0.15, 0.2) is 0 Å². The van der Waals surface area contributed by atoms with Crippen LogP contribution in [0.5, 0.6) is 0 Å². The fourth-order valence-electron chi connectivity index (χ4n) is 4.81. The SMILES string of the molecule is CCCCCCCCCCS(=O)(=O)N(CCN(C)C)[C@H](C)c1nc2ccccc2c(=O)n1-c1ccc(F)cc1. The Morgan fingerprint density at radius 1 is 0.897 bits per heavy atom. The zero-order chi connectivity index (χ0) is 28.4. The summed E-state index contributed by atoms with van der Waals surface area (Å²) in [6, 6.07) is 11.9. The van der Waals surface area contributed by atoms with E-state index < -0.39 is 21.9 Å². The third-order valence-electron chi connectivity index (χ3n) is 7.07. The van der Waals surface area contributed by atoms with Crippen LogP contribution in [0.1, 0.15) is 77.1 Å². The number of fused-ring (bicyclic) bond motifs is 1. The molecule has 0 saturated heterocycles. The van der Waals surface area contributed by atoms with Gasteiger partial charge >= 0.3 is 0 Å². The van der Waals surface area contributed by atoms with Crippen molar-refractivity contribution in [3.05, 3.63) is 70.5 Å². The summed E-state index contributed by atoms with van der Waals surface area (Å²) >= 11 is 0. The molecule has 0 bridgehead atoms. The lowest BCUT2D eigenvalue weighted by molar-refractivity contribution is 0.284. The molecule has 0 aliphatic heterocycles. The maximum atomic E-state index is 13.7. The van der Waals surface area contributed by atoms with Crippen LogP contribution in [0.4, 0.5) is 4.39 Å². The maximum Gasteiger partial charge on any atom is 0.266 e. The average Bonchev–Trinajstić information content (AvgIpc) is 2.90. The molecule has 7 nitrogen and oxygen atoms in total. The molecule has 3 rings (SSSR count). The molecule has 1 atom stereocenters. The Morgan fingerprint density at radius 3 is 2.15 bits per heavy atom. The van der Waals surface area contributed by atoms with Crippen LogP contribution in [-0.2, 0) is 10.0 Å². The minimum atomic E-state index is -3.65. The summed E-state index contributed by atoms with van der Waals surface area (Å²) in [6.07, 6.45) is 8.51. The van der Waals surface area contributed by atoms with Gasteiger partial charge in [-0.25, -0.2) is 17.8 Å². The summed E-state index contributed by atoms with van der Waals surface area (Å²) in [4.78, 5) is 20.4. The number of hydrogen-bond donors (Lipinski definition) is 0. The van der Waals surface area contributed by atoms with E-state index in [4.69, 9.17) is 4.98 Å². The van der Waals surface area contributed by atoms with Gasteiger partial charge in [-0.2, -0.15) is 4.31 Å². The molecular weight excluding hydrogens is 515 g/mol. The second kappa shape index (κ2) is 14.7. The van der Waals surface area contributed by atoms with Crippen LogP contribution in [0, 0.1) is 5.82 Å². The van der Waals surface area contributed by atoms with Gasteiger partial charge in [0, 0.05) is 13.1 Å². The molecule has 1 heterocycles. The van der Waals surface area contributed by atoms with Crippen molar-refractivity contribution in [1.29, 1.82) is 0 Å². The van der Waals surface area contributed by atoms with Gasteiger partial charge in [-0.05, 0) is 63.8 Å². The number of halogens is 1. The predicted octanol–water partition coefficient (Wildman–Crippen LogP) is 5.92. The number of rotatable bonds is 16. The van der Waals surface area contributed by atoms with Gasteiger partial charge in [0.1, 0.15) is 11.6 Å². The van der Waals surface area contributed by atoms with Crippen molar-refractivity contribution in [3.63, 3.8) is 0 Å². The van der Waals surface area contributed by atoms with Gasteiger partial charge in [-0.3, -0.25) is 9.36 Å². The first-order valence-corrected chi connectivity index (χ1v) is 15.7. The van der Waals surface area contributed by atoms with Gasteiger partial charge in [0.05, 0.1) is 28.4 Å². The maximum absolute atomic E-state index is 13.7. The van der Waals surface area contributed by atoms with Crippen LogP contribution in [0.3, 0.4) is 0 Å². The number of nitrogens with zero attached hydrogens (tertiary/aromatic N) is 4. The number of likely N-dealkylation sites (N-methyl/N-ethyl adjacent to an activating group) is 1. The highest BCUT2D eigenvalue weighted by molar-refractivity contribution is 7.89. The van der Waals surface area contributed by atoms with Crippen LogP contribution in [0.25, 0.3) is 16.6 Å². The molecule has 0 fully saturated rings. The van der Waals surface area contributed by atoms with E-state index >= 15 is 0 Å². The van der Waals surface area contributed by atoms with Gasteiger partial charge < -0.3 is 4.90 Å². The van der Waals surface area contributed by atoms with Crippen LogP contribution in [0.15, 0.2) is 53.3 Å². The molecule has 9 heteroatoms. The molecule has 0 N–H and O–H groups in total. The zero-order valence-corrected chi connectivity index (χ0v) is 24.6. The van der Waals surface area contributed by atoms with E-state index in [9.17, 15) is 17.6 Å². The van der Waals surface area contributed by atoms with E-state index in [1.165, 1.54) is 58.8 Å². The Hall–Kier alpha value is -2.62. The topological polar surface area (TPSA) is 75.5 Å². The van der Waals surface area contributed by atoms with Crippen LogP contribution >= 0.6 is 0 Å². The van der Waals surface area contributed by atoms with Crippen LogP contribution < -0.4 is 5.56 Å². The van der Waals surface area contributed by atoms with Gasteiger partial charge in [-0.15, -0.1) is 0 Å². The Kier molecular flexibility index (Phi) is 11.6. The molecule has 0 aliphatic rings. The van der Waals surface area contributed by atoms with Crippen molar-refractivity contribution in [2.45, 2.75) is 71.3 Å². The van der Waals surface area contributed by atoms with Crippen molar-refractivity contribution in [2.75, 3.05) is 32.9 Å². The van der Waals surface area contributed by atoms with E-state index in [-0.39, 0.29) is 17.9 Å². The van der Waals surface area contributed by atoms with E-state index in [1.54, 1.807) is 31.2 Å². The lowest BCUT2D eigenvalue weighted by Gasteiger charge is -2.30. The Labute approximate surface area is 232 Å². The molecule has 0 aliphatic carbocycles. The third kappa shape index (κ3) is 8.43. The standard InChI is InChI=1S/C30H43FN4O3S/c1-5-6-7-8-9-10-11-14-23-39(37,38)34(22-21-33(3)4)24(2)29-32-28-16-13-12-15-27(28)30(36)35(29)26-19-17-25(31)18-20-26/h12-13,15-20,24H,5-11,14,21-23H2,1-4H3/t24-/m1/s1. The molecular formula is C30H43FN4O3S. The first-order valence-electron chi connectivity index (χ1n) is 14.1. The fourth-order valence-corrected chi connectivity index (χ4v) is 6.55. The largest absolute Gasteiger partial charge is 0.308 e. The zero-order valence-electron chi connectivity index (χ0n) is 23.8. The predicted molar refractivity (Wildman–Crippen MR) is 157 cm³/mol. The molecule has 39 heavy (non-hydrogen) atoms. The highest BCUT2D eigenvalue weighted by Crippen LogP contribution is 2.26. The molecule has 0 unspecified atom stereocenters. The molecule has 0 amide bonds. The second-order valence-electron chi connectivity index (χ2n) is 10.5. The van der Waals surface area contributed by atoms with Gasteiger partial charge in [0.25, 0.3) is 5.56 Å². The summed E-state index contributed by atoms with van der Waals surface area (Å²) in [5, 5.41) is 0.416. The Balaban J connectivity index is 1.94. The number of unbranched alkanes of at least 4 members (excludes halogenated alkanes) is 7. The average molecular weight is 559 g/mol. The fraction of sp³-hybridized carbons (Fsp3) is 0.533. The summed E-state index contributed by atoms with van der Waals surface area (Å²) in [7, 11) is 0.152. The molecule has 214 valence electrons. The molecule has 1 aromatic heterocycles. The molecule has 0 spiro atoms. The highest BCUT2D eigenvalue weighted by Gasteiger charge is 2.31. The summed E-state index contributed by atoms with van der Waals surface area (Å²) in [6.45, 7) is 4.76. The van der Waals surface area contributed by atoms with E-state index in [0.717, 1.165) is 19.3 Å². The van der Waals surface area contributed by atoms with E-state index in [0.29, 0.717) is 35.4 Å². The number of para-hydroxylation sites is 1. The summed E-state index contributed by atoms with van der Waals surface area (Å²) in [5.74, 6) is -0.0621. The van der Waals surface area contributed by atoms with Crippen molar-refractivity contribution >= 4 is 20.9 Å². The smallest absolute Gasteiger partial charge is 0.266 e. The lowest BCUT2D eigenvalue weighted by atomic mass is 10.1. The molecule has 3 aromatic rings. The van der Waals surface area contributed by atoms with Crippen molar-refractivity contribution in [1.82, 2.24) is 18.8 Å².